The maximum atomic E-state index is 9.29. The van der Waals surface area contributed by atoms with Crippen LogP contribution in [0.3, 0.4) is 0 Å². The number of aromatic nitrogens is 3. The van der Waals surface area contributed by atoms with E-state index in [1.54, 1.807) is 7.11 Å². The van der Waals surface area contributed by atoms with E-state index in [4.69, 9.17) is 14.8 Å². The number of para-hydroxylation sites is 1. The van der Waals surface area contributed by atoms with Crippen LogP contribution in [0.2, 0.25) is 0 Å². The zero-order valence-electron chi connectivity index (χ0n) is 17.3. The largest absolute Gasteiger partial charge is 0.496 e. The summed E-state index contributed by atoms with van der Waals surface area (Å²) in [6, 6.07) is 8.05. The van der Waals surface area contributed by atoms with Crippen molar-refractivity contribution in [1.29, 1.82) is 0 Å². The van der Waals surface area contributed by atoms with Crippen LogP contribution in [0, 0.1) is 0 Å². The summed E-state index contributed by atoms with van der Waals surface area (Å²) in [6.07, 6.45) is 6.08. The van der Waals surface area contributed by atoms with Crippen molar-refractivity contribution in [3.63, 3.8) is 0 Å². The highest BCUT2D eigenvalue weighted by atomic mass is 16.5. The van der Waals surface area contributed by atoms with Crippen LogP contribution >= 0.6 is 0 Å². The number of likely N-dealkylation sites (tertiary alicyclic amines) is 1. The maximum absolute atomic E-state index is 9.29. The number of hydrogen-bond acceptors (Lipinski definition) is 5. The highest BCUT2D eigenvalue weighted by Gasteiger charge is 2.24. The van der Waals surface area contributed by atoms with Crippen molar-refractivity contribution in [2.75, 3.05) is 33.4 Å². The minimum atomic E-state index is 0.177. The third-order valence-electron chi connectivity index (χ3n) is 5.54. The molecule has 1 unspecified atom stereocenters. The van der Waals surface area contributed by atoms with Gasteiger partial charge in [-0.25, -0.2) is 9.67 Å². The fraction of sp³-hybridized carbons (Fsp3) is 0.636. The number of rotatable bonds is 9. The Hall–Kier alpha value is -1.92. The molecule has 1 aliphatic rings. The van der Waals surface area contributed by atoms with Crippen LogP contribution in [0.4, 0.5) is 0 Å². The first-order valence-corrected chi connectivity index (χ1v) is 10.6. The van der Waals surface area contributed by atoms with Crippen molar-refractivity contribution >= 4 is 0 Å². The first-order valence-electron chi connectivity index (χ1n) is 10.6. The van der Waals surface area contributed by atoms with E-state index < -0.39 is 0 Å². The van der Waals surface area contributed by atoms with Gasteiger partial charge in [0.2, 0.25) is 0 Å². The Morgan fingerprint density at radius 1 is 1.18 bits per heavy atom. The van der Waals surface area contributed by atoms with E-state index >= 15 is 0 Å². The van der Waals surface area contributed by atoms with Gasteiger partial charge in [0.25, 0.3) is 0 Å². The first-order chi connectivity index (χ1) is 13.7. The molecule has 1 fully saturated rings. The van der Waals surface area contributed by atoms with Crippen LogP contribution in [0.15, 0.2) is 24.3 Å². The van der Waals surface area contributed by atoms with Crippen molar-refractivity contribution in [3.8, 4) is 5.75 Å². The summed E-state index contributed by atoms with van der Waals surface area (Å²) in [5.41, 5.74) is 1.10. The Bertz CT molecular complexity index is 731. The van der Waals surface area contributed by atoms with Gasteiger partial charge in [-0.2, -0.15) is 5.10 Å². The Morgan fingerprint density at radius 2 is 2.04 bits per heavy atom. The minimum absolute atomic E-state index is 0.177. The van der Waals surface area contributed by atoms with Crippen LogP contribution in [-0.2, 0) is 13.0 Å². The molecule has 1 aromatic carbocycles. The van der Waals surface area contributed by atoms with Gasteiger partial charge in [0.15, 0.2) is 5.82 Å². The van der Waals surface area contributed by atoms with Gasteiger partial charge in [-0.3, -0.25) is 0 Å². The lowest BCUT2D eigenvalue weighted by Gasteiger charge is -2.19. The molecule has 6 nitrogen and oxygen atoms in total. The normalized spacial score (nSPS) is 18.2. The van der Waals surface area contributed by atoms with Crippen LogP contribution in [0.5, 0.6) is 5.75 Å². The van der Waals surface area contributed by atoms with Crippen LogP contribution < -0.4 is 4.74 Å². The van der Waals surface area contributed by atoms with Gasteiger partial charge in [-0.1, -0.05) is 25.1 Å². The molecule has 0 saturated carbocycles. The molecule has 1 aromatic heterocycles. The molecular formula is C22H34N4O2. The van der Waals surface area contributed by atoms with E-state index in [9.17, 15) is 5.11 Å². The lowest BCUT2D eigenvalue weighted by molar-refractivity contribution is 0.273. The van der Waals surface area contributed by atoms with E-state index in [1.807, 2.05) is 22.9 Å². The molecule has 28 heavy (non-hydrogen) atoms. The number of hydrogen-bond donors (Lipinski definition) is 1. The SMILES string of the molecule is CCCN1CCCC(c2nc(Cc3ccccc3OC)nn2CCCO)CC1. The topological polar surface area (TPSA) is 63.4 Å². The Balaban J connectivity index is 1.79. The standard InChI is InChI=1S/C22H34N4O2/c1-3-12-25-13-6-9-18(11-15-25)22-23-21(24-26(22)14-7-16-27)17-19-8-4-5-10-20(19)28-2/h4-5,8,10,18,27H,3,6-7,9,11-17H2,1-2H3. The molecule has 0 bridgehead atoms. The highest BCUT2D eigenvalue weighted by molar-refractivity contribution is 5.35. The molecule has 0 spiro atoms. The number of ether oxygens (including phenoxy) is 1. The number of nitrogens with zero attached hydrogens (tertiary/aromatic N) is 4. The van der Waals surface area contributed by atoms with Gasteiger partial charge in [-0.05, 0) is 57.8 Å². The summed E-state index contributed by atoms with van der Waals surface area (Å²) >= 11 is 0. The predicted molar refractivity (Wildman–Crippen MR) is 111 cm³/mol. The van der Waals surface area contributed by atoms with Gasteiger partial charge < -0.3 is 14.7 Å². The maximum Gasteiger partial charge on any atom is 0.155 e. The van der Waals surface area contributed by atoms with E-state index in [2.05, 4.69) is 17.9 Å². The summed E-state index contributed by atoms with van der Waals surface area (Å²) < 4.78 is 7.53. The van der Waals surface area contributed by atoms with Crippen molar-refractivity contribution in [3.05, 3.63) is 41.5 Å². The van der Waals surface area contributed by atoms with E-state index in [1.165, 1.54) is 25.9 Å². The summed E-state index contributed by atoms with van der Waals surface area (Å²) in [5, 5.41) is 14.1. The van der Waals surface area contributed by atoms with Gasteiger partial charge >= 0.3 is 0 Å². The van der Waals surface area contributed by atoms with Crippen molar-refractivity contribution in [2.45, 2.75) is 57.9 Å². The quantitative estimate of drug-likeness (QED) is 0.717. The summed E-state index contributed by atoms with van der Waals surface area (Å²) in [5.74, 6) is 3.25. The van der Waals surface area contributed by atoms with Gasteiger partial charge in [0.05, 0.1) is 7.11 Å². The second-order valence-corrected chi connectivity index (χ2v) is 7.64. The molecule has 3 rings (SSSR count). The molecule has 1 N–H and O–H groups in total. The average molecular weight is 387 g/mol. The fourth-order valence-corrected chi connectivity index (χ4v) is 4.14. The second-order valence-electron chi connectivity index (χ2n) is 7.64. The van der Waals surface area contributed by atoms with Gasteiger partial charge in [0, 0.05) is 31.1 Å². The summed E-state index contributed by atoms with van der Waals surface area (Å²) in [7, 11) is 1.70. The molecule has 1 atom stereocenters. The molecule has 0 radical (unpaired) electrons. The monoisotopic (exact) mass is 386 g/mol. The molecule has 0 amide bonds. The number of aliphatic hydroxyl groups excluding tert-OH is 1. The molecule has 2 heterocycles. The first kappa shape index (κ1) is 20.8. The Kier molecular flexibility index (Phi) is 7.86. The van der Waals surface area contributed by atoms with Gasteiger partial charge in [-0.15, -0.1) is 0 Å². The molecule has 2 aromatic rings. The van der Waals surface area contributed by atoms with Crippen molar-refractivity contribution in [2.24, 2.45) is 0 Å². The van der Waals surface area contributed by atoms with Gasteiger partial charge in [0.1, 0.15) is 11.6 Å². The third kappa shape index (κ3) is 5.32. The molecular weight excluding hydrogens is 352 g/mol. The van der Waals surface area contributed by atoms with Crippen LogP contribution in [-0.4, -0.2) is 58.1 Å². The molecule has 6 heteroatoms. The second kappa shape index (κ2) is 10.6. The zero-order valence-corrected chi connectivity index (χ0v) is 17.3. The number of aryl methyl sites for hydroxylation is 1. The Labute approximate surface area is 168 Å². The van der Waals surface area contributed by atoms with E-state index in [-0.39, 0.29) is 6.61 Å². The number of benzene rings is 1. The number of aliphatic hydroxyl groups is 1. The number of methoxy groups -OCH3 is 1. The molecule has 1 aliphatic heterocycles. The average Bonchev–Trinajstić information content (AvgIpc) is 2.96. The zero-order chi connectivity index (χ0) is 19.8. The molecule has 1 saturated heterocycles. The fourth-order valence-electron chi connectivity index (χ4n) is 4.14. The predicted octanol–water partition coefficient (Wildman–Crippen LogP) is 3.24. The van der Waals surface area contributed by atoms with Crippen LogP contribution in [0.1, 0.15) is 62.2 Å². The molecule has 154 valence electrons. The minimum Gasteiger partial charge on any atom is -0.496 e. The third-order valence-corrected chi connectivity index (χ3v) is 5.54. The summed E-state index contributed by atoms with van der Waals surface area (Å²) in [6.45, 7) is 6.65. The van der Waals surface area contributed by atoms with Crippen LogP contribution in [0.25, 0.3) is 0 Å². The lowest BCUT2D eigenvalue weighted by atomic mass is 10.00. The Morgan fingerprint density at radius 3 is 2.82 bits per heavy atom. The lowest BCUT2D eigenvalue weighted by Crippen LogP contribution is -2.25. The smallest absolute Gasteiger partial charge is 0.155 e. The van der Waals surface area contributed by atoms with Crippen molar-refractivity contribution < 1.29 is 9.84 Å². The summed E-state index contributed by atoms with van der Waals surface area (Å²) in [4.78, 5) is 7.54. The van der Waals surface area contributed by atoms with E-state index in [0.717, 1.165) is 48.9 Å². The van der Waals surface area contributed by atoms with E-state index in [0.29, 0.717) is 18.8 Å². The molecule has 0 aliphatic carbocycles. The van der Waals surface area contributed by atoms with Crippen molar-refractivity contribution in [1.82, 2.24) is 19.7 Å². The highest BCUT2D eigenvalue weighted by Crippen LogP contribution is 2.28.